The minimum absolute atomic E-state index is 0.898. The molecular formula is C17H28N2. The highest BCUT2D eigenvalue weighted by atomic mass is 15.1. The summed E-state index contributed by atoms with van der Waals surface area (Å²) < 4.78 is 0. The third-order valence-electron chi connectivity index (χ3n) is 4.35. The van der Waals surface area contributed by atoms with Gasteiger partial charge in [-0.05, 0) is 69.4 Å². The van der Waals surface area contributed by atoms with Gasteiger partial charge < -0.3 is 10.2 Å². The summed E-state index contributed by atoms with van der Waals surface area (Å²) in [7, 11) is 0. The highest BCUT2D eigenvalue weighted by Gasteiger charge is 2.18. The lowest BCUT2D eigenvalue weighted by atomic mass is 9.96. The number of rotatable bonds is 6. The van der Waals surface area contributed by atoms with Gasteiger partial charge in [0, 0.05) is 6.54 Å². The normalized spacial score (nSPS) is 17.8. The van der Waals surface area contributed by atoms with Crippen molar-refractivity contribution in [2.75, 3.05) is 32.7 Å². The SMILES string of the molecule is CCNCC1CCN(CCc2ccccc2C)CC1. The first-order chi connectivity index (χ1) is 9.29. The first-order valence-electron chi connectivity index (χ1n) is 7.77. The summed E-state index contributed by atoms with van der Waals surface area (Å²) in [6.45, 7) is 10.5. The van der Waals surface area contributed by atoms with Crippen LogP contribution in [0.2, 0.25) is 0 Å². The van der Waals surface area contributed by atoms with E-state index >= 15 is 0 Å². The number of nitrogens with zero attached hydrogens (tertiary/aromatic N) is 1. The fourth-order valence-corrected chi connectivity index (χ4v) is 2.93. The van der Waals surface area contributed by atoms with E-state index in [0.29, 0.717) is 0 Å². The van der Waals surface area contributed by atoms with Crippen molar-refractivity contribution in [3.63, 3.8) is 0 Å². The van der Waals surface area contributed by atoms with Crippen LogP contribution in [0.3, 0.4) is 0 Å². The molecule has 2 nitrogen and oxygen atoms in total. The standard InChI is InChI=1S/C17H28N2/c1-3-18-14-16-8-11-19(12-9-16)13-10-17-7-5-4-6-15(17)2/h4-7,16,18H,3,8-14H2,1-2H3. The number of piperidine rings is 1. The van der Waals surface area contributed by atoms with Crippen molar-refractivity contribution in [1.29, 1.82) is 0 Å². The molecule has 1 aromatic rings. The molecule has 1 aliphatic heterocycles. The Balaban J connectivity index is 1.70. The molecule has 19 heavy (non-hydrogen) atoms. The van der Waals surface area contributed by atoms with Gasteiger partial charge in [0.15, 0.2) is 0 Å². The Morgan fingerprint density at radius 1 is 1.21 bits per heavy atom. The highest BCUT2D eigenvalue weighted by Crippen LogP contribution is 2.17. The van der Waals surface area contributed by atoms with E-state index in [4.69, 9.17) is 0 Å². The van der Waals surface area contributed by atoms with Crippen LogP contribution < -0.4 is 5.32 Å². The van der Waals surface area contributed by atoms with E-state index in [-0.39, 0.29) is 0 Å². The second kappa shape index (κ2) is 7.66. The van der Waals surface area contributed by atoms with Gasteiger partial charge in [-0.1, -0.05) is 31.2 Å². The molecular weight excluding hydrogens is 232 g/mol. The molecule has 1 aromatic carbocycles. The van der Waals surface area contributed by atoms with Crippen molar-refractivity contribution in [2.24, 2.45) is 5.92 Å². The number of likely N-dealkylation sites (tertiary alicyclic amines) is 1. The van der Waals surface area contributed by atoms with E-state index in [1.807, 2.05) is 0 Å². The quantitative estimate of drug-likeness (QED) is 0.846. The molecule has 0 radical (unpaired) electrons. The maximum absolute atomic E-state index is 3.48. The van der Waals surface area contributed by atoms with Crippen LogP contribution in [0.4, 0.5) is 0 Å². The lowest BCUT2D eigenvalue weighted by molar-refractivity contribution is 0.184. The summed E-state index contributed by atoms with van der Waals surface area (Å²) in [4.78, 5) is 2.63. The molecule has 0 unspecified atom stereocenters. The van der Waals surface area contributed by atoms with Crippen LogP contribution in [0.25, 0.3) is 0 Å². The molecule has 0 aliphatic carbocycles. The van der Waals surface area contributed by atoms with Crippen LogP contribution in [0.5, 0.6) is 0 Å². The number of aryl methyl sites for hydroxylation is 1. The van der Waals surface area contributed by atoms with Crippen molar-refractivity contribution in [2.45, 2.75) is 33.1 Å². The van der Waals surface area contributed by atoms with Gasteiger partial charge in [-0.15, -0.1) is 0 Å². The van der Waals surface area contributed by atoms with Crippen LogP contribution >= 0.6 is 0 Å². The maximum Gasteiger partial charge on any atom is 0.00219 e. The highest BCUT2D eigenvalue weighted by molar-refractivity contribution is 5.25. The number of benzene rings is 1. The molecule has 1 fully saturated rings. The van der Waals surface area contributed by atoms with Crippen molar-refractivity contribution in [1.82, 2.24) is 10.2 Å². The summed E-state index contributed by atoms with van der Waals surface area (Å²) in [5.41, 5.74) is 2.95. The molecule has 0 amide bonds. The van der Waals surface area contributed by atoms with Crippen molar-refractivity contribution >= 4 is 0 Å². The van der Waals surface area contributed by atoms with E-state index in [0.717, 1.165) is 12.5 Å². The number of nitrogens with one attached hydrogen (secondary N) is 1. The van der Waals surface area contributed by atoms with Gasteiger partial charge in [-0.2, -0.15) is 0 Å². The van der Waals surface area contributed by atoms with Gasteiger partial charge in [0.25, 0.3) is 0 Å². The fraction of sp³-hybridized carbons (Fsp3) is 0.647. The molecule has 0 saturated carbocycles. The summed E-state index contributed by atoms with van der Waals surface area (Å²) in [6.07, 6.45) is 3.92. The van der Waals surface area contributed by atoms with Gasteiger partial charge in [-0.25, -0.2) is 0 Å². The molecule has 0 atom stereocenters. The van der Waals surface area contributed by atoms with Crippen LogP contribution in [0, 0.1) is 12.8 Å². The second-order valence-electron chi connectivity index (χ2n) is 5.77. The second-order valence-corrected chi connectivity index (χ2v) is 5.77. The lowest BCUT2D eigenvalue weighted by Crippen LogP contribution is -2.38. The summed E-state index contributed by atoms with van der Waals surface area (Å²) in [5.74, 6) is 0.898. The smallest absolute Gasteiger partial charge is 0.00219 e. The van der Waals surface area contributed by atoms with Crippen molar-refractivity contribution in [3.8, 4) is 0 Å². The number of hydrogen-bond acceptors (Lipinski definition) is 2. The Hall–Kier alpha value is -0.860. The molecule has 1 heterocycles. The van der Waals surface area contributed by atoms with Crippen molar-refractivity contribution in [3.05, 3.63) is 35.4 Å². The van der Waals surface area contributed by atoms with Crippen molar-refractivity contribution < 1.29 is 0 Å². The summed E-state index contributed by atoms with van der Waals surface area (Å²) >= 11 is 0. The zero-order chi connectivity index (χ0) is 13.5. The monoisotopic (exact) mass is 260 g/mol. The lowest BCUT2D eigenvalue weighted by Gasteiger charge is -2.32. The largest absolute Gasteiger partial charge is 0.317 e. The molecule has 1 saturated heterocycles. The van der Waals surface area contributed by atoms with E-state index in [9.17, 15) is 0 Å². The summed E-state index contributed by atoms with van der Waals surface area (Å²) in [5, 5.41) is 3.48. The molecule has 1 aliphatic rings. The molecule has 0 bridgehead atoms. The average molecular weight is 260 g/mol. The Kier molecular flexibility index (Phi) is 5.87. The minimum Gasteiger partial charge on any atom is -0.317 e. The Morgan fingerprint density at radius 2 is 1.95 bits per heavy atom. The first kappa shape index (κ1) is 14.5. The molecule has 106 valence electrons. The van der Waals surface area contributed by atoms with E-state index < -0.39 is 0 Å². The topological polar surface area (TPSA) is 15.3 Å². The van der Waals surface area contributed by atoms with Gasteiger partial charge in [-0.3, -0.25) is 0 Å². The first-order valence-corrected chi connectivity index (χ1v) is 7.77. The van der Waals surface area contributed by atoms with Gasteiger partial charge in [0.05, 0.1) is 0 Å². The third-order valence-corrected chi connectivity index (χ3v) is 4.35. The molecule has 2 heteroatoms. The predicted molar refractivity (Wildman–Crippen MR) is 82.6 cm³/mol. The third kappa shape index (κ3) is 4.63. The zero-order valence-corrected chi connectivity index (χ0v) is 12.5. The molecule has 2 rings (SSSR count). The Bertz CT molecular complexity index is 367. The van der Waals surface area contributed by atoms with E-state index in [1.54, 1.807) is 0 Å². The fourth-order valence-electron chi connectivity index (χ4n) is 2.93. The predicted octanol–water partition coefficient (Wildman–Crippen LogP) is 2.86. The van der Waals surface area contributed by atoms with Crippen LogP contribution in [0.15, 0.2) is 24.3 Å². The number of hydrogen-bond donors (Lipinski definition) is 1. The molecule has 0 spiro atoms. The van der Waals surface area contributed by atoms with Crippen LogP contribution in [-0.4, -0.2) is 37.6 Å². The van der Waals surface area contributed by atoms with E-state index in [1.165, 1.54) is 56.6 Å². The van der Waals surface area contributed by atoms with Gasteiger partial charge in [0.2, 0.25) is 0 Å². The van der Waals surface area contributed by atoms with E-state index in [2.05, 4.69) is 48.3 Å². The zero-order valence-electron chi connectivity index (χ0n) is 12.5. The maximum atomic E-state index is 3.48. The van der Waals surface area contributed by atoms with Gasteiger partial charge >= 0.3 is 0 Å². The minimum atomic E-state index is 0.898. The van der Waals surface area contributed by atoms with Crippen LogP contribution in [0.1, 0.15) is 30.9 Å². The Morgan fingerprint density at radius 3 is 2.63 bits per heavy atom. The summed E-state index contributed by atoms with van der Waals surface area (Å²) in [6, 6.07) is 8.78. The molecule has 0 aromatic heterocycles. The van der Waals surface area contributed by atoms with Gasteiger partial charge in [0.1, 0.15) is 0 Å². The average Bonchev–Trinajstić information content (AvgIpc) is 2.45. The van der Waals surface area contributed by atoms with Crippen LogP contribution in [-0.2, 0) is 6.42 Å². The Labute approximate surface area is 118 Å². The molecule has 1 N–H and O–H groups in total.